The highest BCUT2D eigenvalue weighted by molar-refractivity contribution is 5.94. The van der Waals surface area contributed by atoms with Crippen molar-refractivity contribution in [2.75, 3.05) is 13.2 Å². The SMILES string of the molecule is CCCCCCN(C(=O)C(CO)NC(=O)OC(C)(C)C)C(C(=O)NC(Cc1ccccc1)C(=O)OC(C)(C)C)c1ccc(C)cc1. The highest BCUT2D eigenvalue weighted by Gasteiger charge is 2.38. The van der Waals surface area contributed by atoms with E-state index in [9.17, 15) is 24.3 Å². The lowest BCUT2D eigenvalue weighted by Gasteiger charge is -2.35. The van der Waals surface area contributed by atoms with E-state index in [-0.39, 0.29) is 13.0 Å². The molecule has 0 heterocycles. The molecule has 10 nitrogen and oxygen atoms in total. The van der Waals surface area contributed by atoms with Crippen LogP contribution in [0, 0.1) is 6.92 Å². The number of hydrogen-bond acceptors (Lipinski definition) is 7. The highest BCUT2D eigenvalue weighted by Crippen LogP contribution is 2.25. The number of benzene rings is 2. The molecule has 2 rings (SSSR count). The van der Waals surface area contributed by atoms with Crippen molar-refractivity contribution in [3.8, 4) is 0 Å². The number of ether oxygens (including phenoxy) is 2. The van der Waals surface area contributed by atoms with Crippen LogP contribution in [0.1, 0.15) is 96.9 Å². The number of aryl methyl sites for hydroxylation is 1. The van der Waals surface area contributed by atoms with Crippen LogP contribution in [0.3, 0.4) is 0 Å². The Morgan fingerprint density at radius 1 is 0.804 bits per heavy atom. The molecule has 0 bridgehead atoms. The molecule has 0 aliphatic heterocycles. The third-order valence-electron chi connectivity index (χ3n) is 6.95. The molecule has 3 amide bonds. The van der Waals surface area contributed by atoms with Crippen LogP contribution < -0.4 is 10.6 Å². The predicted octanol–water partition coefficient (Wildman–Crippen LogP) is 5.40. The number of esters is 1. The van der Waals surface area contributed by atoms with Gasteiger partial charge in [0.2, 0.25) is 11.8 Å². The second kappa shape index (κ2) is 17.7. The molecule has 3 unspecified atom stereocenters. The number of nitrogens with zero attached hydrogens (tertiary/aromatic N) is 1. The van der Waals surface area contributed by atoms with E-state index >= 15 is 0 Å². The molecule has 10 heteroatoms. The standard InChI is InChI=1S/C36H53N3O7/c1-9-10-11-15-22-39(32(42)29(24-40)38-34(44)46-36(6,7)8)30(27-20-18-25(2)19-21-27)31(41)37-28(33(43)45-35(3,4)5)23-26-16-13-12-14-17-26/h12-14,16-21,28-30,40H,9-11,15,22-24H2,1-8H3,(H,37,41)(H,38,44). The zero-order valence-electron chi connectivity index (χ0n) is 28.7. The van der Waals surface area contributed by atoms with E-state index in [0.717, 1.165) is 30.4 Å². The zero-order chi connectivity index (χ0) is 34.5. The quantitative estimate of drug-likeness (QED) is 0.176. The van der Waals surface area contributed by atoms with Crippen molar-refractivity contribution < 1.29 is 33.8 Å². The van der Waals surface area contributed by atoms with Gasteiger partial charge in [-0.15, -0.1) is 0 Å². The summed E-state index contributed by atoms with van der Waals surface area (Å²) in [6.45, 7) is 13.8. The molecular formula is C36H53N3O7. The summed E-state index contributed by atoms with van der Waals surface area (Å²) in [6.07, 6.45) is 2.59. The molecule has 3 N–H and O–H groups in total. The Morgan fingerprint density at radius 3 is 1.96 bits per heavy atom. The van der Waals surface area contributed by atoms with Crippen molar-refractivity contribution >= 4 is 23.9 Å². The van der Waals surface area contributed by atoms with Gasteiger partial charge in [-0.1, -0.05) is 86.3 Å². The van der Waals surface area contributed by atoms with Crippen LogP contribution in [0.15, 0.2) is 54.6 Å². The highest BCUT2D eigenvalue weighted by atomic mass is 16.6. The number of unbranched alkanes of at least 4 members (excludes halogenated alkanes) is 3. The minimum absolute atomic E-state index is 0.173. The Hall–Kier alpha value is -3.92. The van der Waals surface area contributed by atoms with Crippen LogP contribution in [0.4, 0.5) is 4.79 Å². The first-order valence-corrected chi connectivity index (χ1v) is 16.1. The van der Waals surface area contributed by atoms with E-state index in [0.29, 0.717) is 12.0 Å². The molecule has 0 aliphatic carbocycles. The number of hydrogen-bond donors (Lipinski definition) is 3. The molecular weight excluding hydrogens is 586 g/mol. The fourth-order valence-corrected chi connectivity index (χ4v) is 4.80. The second-order valence-electron chi connectivity index (χ2n) is 13.6. The van der Waals surface area contributed by atoms with Gasteiger partial charge in [0.25, 0.3) is 0 Å². The molecule has 2 aromatic carbocycles. The van der Waals surface area contributed by atoms with Gasteiger partial charge in [-0.2, -0.15) is 0 Å². The van der Waals surface area contributed by atoms with Crippen LogP contribution >= 0.6 is 0 Å². The maximum atomic E-state index is 14.4. The summed E-state index contributed by atoms with van der Waals surface area (Å²) in [4.78, 5) is 55.9. The van der Waals surface area contributed by atoms with Crippen molar-refractivity contribution in [1.82, 2.24) is 15.5 Å². The van der Waals surface area contributed by atoms with Gasteiger partial charge < -0.3 is 30.1 Å². The van der Waals surface area contributed by atoms with Crippen LogP contribution in [-0.2, 0) is 30.3 Å². The summed E-state index contributed by atoms with van der Waals surface area (Å²) in [5, 5.41) is 15.6. The molecule has 2 aromatic rings. The van der Waals surface area contributed by atoms with Crippen molar-refractivity contribution in [1.29, 1.82) is 0 Å². The van der Waals surface area contributed by atoms with Crippen LogP contribution in [0.5, 0.6) is 0 Å². The van der Waals surface area contributed by atoms with Crippen LogP contribution in [0.25, 0.3) is 0 Å². The van der Waals surface area contributed by atoms with Crippen molar-refractivity contribution in [2.45, 2.75) is 117 Å². The van der Waals surface area contributed by atoms with Gasteiger partial charge >= 0.3 is 12.1 Å². The Morgan fingerprint density at radius 2 is 1.41 bits per heavy atom. The van der Waals surface area contributed by atoms with Gasteiger partial charge in [0.1, 0.15) is 29.3 Å². The number of carbonyl (C=O) groups is 4. The third kappa shape index (κ3) is 13.2. The molecule has 0 radical (unpaired) electrons. The van der Waals surface area contributed by atoms with Gasteiger partial charge in [0.15, 0.2) is 0 Å². The predicted molar refractivity (Wildman–Crippen MR) is 178 cm³/mol. The molecule has 46 heavy (non-hydrogen) atoms. The lowest BCUT2D eigenvalue weighted by Crippen LogP contribution is -2.56. The molecule has 0 aromatic heterocycles. The first kappa shape index (κ1) is 38.3. The van der Waals surface area contributed by atoms with E-state index in [4.69, 9.17) is 9.47 Å². The molecule has 3 atom stereocenters. The first-order valence-electron chi connectivity index (χ1n) is 16.1. The average molecular weight is 640 g/mol. The smallest absolute Gasteiger partial charge is 0.408 e. The third-order valence-corrected chi connectivity index (χ3v) is 6.95. The lowest BCUT2D eigenvalue weighted by molar-refractivity contribution is -0.159. The summed E-state index contributed by atoms with van der Waals surface area (Å²) >= 11 is 0. The van der Waals surface area contributed by atoms with Crippen molar-refractivity contribution in [3.05, 3.63) is 71.3 Å². The summed E-state index contributed by atoms with van der Waals surface area (Å²) in [6, 6.07) is 12.9. The van der Waals surface area contributed by atoms with E-state index < -0.39 is 59.8 Å². The summed E-state index contributed by atoms with van der Waals surface area (Å²) in [5.41, 5.74) is 0.672. The summed E-state index contributed by atoms with van der Waals surface area (Å²) < 4.78 is 11.0. The molecule has 0 saturated heterocycles. The van der Waals surface area contributed by atoms with Crippen molar-refractivity contribution in [3.63, 3.8) is 0 Å². The van der Waals surface area contributed by atoms with E-state index in [2.05, 4.69) is 17.6 Å². The number of amides is 3. The molecule has 254 valence electrons. The topological polar surface area (TPSA) is 134 Å². The van der Waals surface area contributed by atoms with Crippen LogP contribution in [0.2, 0.25) is 0 Å². The largest absolute Gasteiger partial charge is 0.458 e. The van der Waals surface area contributed by atoms with Gasteiger partial charge in [-0.3, -0.25) is 9.59 Å². The number of nitrogens with one attached hydrogen (secondary N) is 2. The maximum Gasteiger partial charge on any atom is 0.408 e. The lowest BCUT2D eigenvalue weighted by atomic mass is 9.99. The number of aliphatic hydroxyl groups excluding tert-OH is 1. The minimum Gasteiger partial charge on any atom is -0.458 e. The fraction of sp³-hybridized carbons (Fsp3) is 0.556. The monoisotopic (exact) mass is 639 g/mol. The number of rotatable bonds is 15. The van der Waals surface area contributed by atoms with E-state index in [1.165, 1.54) is 4.90 Å². The number of carbonyl (C=O) groups excluding carboxylic acids is 4. The van der Waals surface area contributed by atoms with Gasteiger partial charge in [0.05, 0.1) is 6.61 Å². The average Bonchev–Trinajstić information content (AvgIpc) is 2.96. The van der Waals surface area contributed by atoms with Gasteiger partial charge in [-0.25, -0.2) is 9.59 Å². The Kier molecular flexibility index (Phi) is 14.7. The Bertz CT molecular complexity index is 1270. The fourth-order valence-electron chi connectivity index (χ4n) is 4.80. The maximum absolute atomic E-state index is 14.4. The van der Waals surface area contributed by atoms with Gasteiger partial charge in [-0.05, 0) is 66.0 Å². The summed E-state index contributed by atoms with van der Waals surface area (Å²) in [7, 11) is 0. The minimum atomic E-state index is -1.37. The number of alkyl carbamates (subject to hydrolysis) is 1. The number of aliphatic hydroxyl groups is 1. The Balaban J connectivity index is 2.56. The molecule has 0 fully saturated rings. The first-order chi connectivity index (χ1) is 21.5. The second-order valence-corrected chi connectivity index (χ2v) is 13.6. The van der Waals surface area contributed by atoms with Crippen molar-refractivity contribution in [2.24, 2.45) is 0 Å². The normalized spacial score (nSPS) is 13.6. The Labute approximate surface area is 274 Å². The molecule has 0 spiro atoms. The van der Waals surface area contributed by atoms with E-state index in [1.807, 2.05) is 49.4 Å². The zero-order valence-corrected chi connectivity index (χ0v) is 28.7. The summed E-state index contributed by atoms with van der Waals surface area (Å²) in [5.74, 6) is -1.84. The van der Waals surface area contributed by atoms with Gasteiger partial charge in [0, 0.05) is 13.0 Å². The molecule has 0 aliphatic rings. The van der Waals surface area contributed by atoms with Crippen LogP contribution in [-0.4, -0.2) is 70.3 Å². The molecule has 0 saturated carbocycles. The van der Waals surface area contributed by atoms with E-state index in [1.54, 1.807) is 53.7 Å².